The number of carbonyl (C=O) groups is 3. The van der Waals surface area contributed by atoms with Crippen LogP contribution in [0.2, 0.25) is 0 Å². The summed E-state index contributed by atoms with van der Waals surface area (Å²) in [6, 6.07) is 0. The van der Waals surface area contributed by atoms with Crippen LogP contribution in [0.1, 0.15) is 41.0 Å². The zero-order valence-electron chi connectivity index (χ0n) is 10.8. The number of carboxylic acids is 1. The van der Waals surface area contributed by atoms with Gasteiger partial charge in [-0.2, -0.15) is 0 Å². The summed E-state index contributed by atoms with van der Waals surface area (Å²) in [4.78, 5) is 33.7. The van der Waals surface area contributed by atoms with E-state index in [-0.39, 0.29) is 63.6 Å². The van der Waals surface area contributed by atoms with Crippen molar-refractivity contribution < 1.29 is 70.9 Å². The van der Waals surface area contributed by atoms with Crippen molar-refractivity contribution in [2.75, 3.05) is 0 Å². The standard InChI is InChI=1S/C11H18O4.K/c1-10(2,3)7(12)6-8(13)11(4,5)9(14)15;/h6H2,1-5H3,(H,14,15);/q;+1/p-1. The van der Waals surface area contributed by atoms with Crippen LogP contribution in [-0.4, -0.2) is 17.5 Å². The number of carbonyl (C=O) groups excluding carboxylic acids is 3. The number of hydrogen-bond acceptors (Lipinski definition) is 4. The van der Waals surface area contributed by atoms with Crippen molar-refractivity contribution in [3.8, 4) is 0 Å². The van der Waals surface area contributed by atoms with Crippen LogP contribution in [0.3, 0.4) is 0 Å². The average molecular weight is 252 g/mol. The van der Waals surface area contributed by atoms with Crippen molar-refractivity contribution in [1.82, 2.24) is 0 Å². The Hall–Kier alpha value is 0.446. The third kappa shape index (κ3) is 5.18. The molecule has 0 saturated carbocycles. The number of aliphatic carboxylic acids is 1. The van der Waals surface area contributed by atoms with Crippen molar-refractivity contribution in [3.05, 3.63) is 0 Å². The Morgan fingerprint density at radius 3 is 1.56 bits per heavy atom. The minimum atomic E-state index is -1.60. The van der Waals surface area contributed by atoms with Crippen LogP contribution < -0.4 is 56.5 Å². The van der Waals surface area contributed by atoms with Gasteiger partial charge in [0.1, 0.15) is 5.78 Å². The largest absolute Gasteiger partial charge is 1.00 e. The molecule has 0 spiro atoms. The molecule has 0 aliphatic rings. The summed E-state index contributed by atoms with van der Waals surface area (Å²) >= 11 is 0. The van der Waals surface area contributed by atoms with Gasteiger partial charge in [-0.15, -0.1) is 0 Å². The molecule has 16 heavy (non-hydrogen) atoms. The third-order valence-corrected chi connectivity index (χ3v) is 2.37. The molecule has 0 rings (SSSR count). The predicted octanol–water partition coefficient (Wildman–Crippen LogP) is -2.66. The second-order valence-electron chi connectivity index (χ2n) is 5.19. The van der Waals surface area contributed by atoms with E-state index in [2.05, 4.69) is 0 Å². The molecule has 0 radical (unpaired) electrons. The first kappa shape index (κ1) is 18.8. The van der Waals surface area contributed by atoms with E-state index in [4.69, 9.17) is 0 Å². The van der Waals surface area contributed by atoms with E-state index < -0.39 is 22.6 Å². The Labute approximate surface area is 139 Å². The van der Waals surface area contributed by atoms with Gasteiger partial charge in [-0.1, -0.05) is 20.8 Å². The van der Waals surface area contributed by atoms with E-state index in [1.165, 1.54) is 13.8 Å². The van der Waals surface area contributed by atoms with E-state index in [9.17, 15) is 19.5 Å². The zero-order chi connectivity index (χ0) is 12.4. The smallest absolute Gasteiger partial charge is 0.549 e. The Morgan fingerprint density at radius 1 is 0.938 bits per heavy atom. The first-order valence-corrected chi connectivity index (χ1v) is 4.77. The fourth-order valence-corrected chi connectivity index (χ4v) is 0.746. The van der Waals surface area contributed by atoms with Gasteiger partial charge in [0.2, 0.25) is 0 Å². The minimum Gasteiger partial charge on any atom is -0.549 e. The fraction of sp³-hybridized carbons (Fsp3) is 0.727. The molecule has 0 bridgehead atoms. The SMILES string of the molecule is CC(C)(C)C(=O)CC(=O)C(C)(C)C(=O)[O-].[K+]. The van der Waals surface area contributed by atoms with Gasteiger partial charge in [0.05, 0.1) is 17.8 Å². The molecule has 4 nitrogen and oxygen atoms in total. The molecular weight excluding hydrogens is 235 g/mol. The van der Waals surface area contributed by atoms with Crippen LogP contribution in [0.5, 0.6) is 0 Å². The molecule has 0 aliphatic heterocycles. The van der Waals surface area contributed by atoms with Crippen molar-refractivity contribution in [3.63, 3.8) is 0 Å². The number of carboxylic acid groups (broad SMARTS) is 1. The van der Waals surface area contributed by atoms with Gasteiger partial charge in [0, 0.05) is 5.41 Å². The molecule has 0 fully saturated rings. The van der Waals surface area contributed by atoms with Gasteiger partial charge in [-0.3, -0.25) is 9.59 Å². The topological polar surface area (TPSA) is 74.3 Å². The number of rotatable bonds is 4. The summed E-state index contributed by atoms with van der Waals surface area (Å²) in [7, 11) is 0. The van der Waals surface area contributed by atoms with E-state index in [1.807, 2.05) is 0 Å². The molecule has 0 aliphatic carbocycles. The molecule has 0 unspecified atom stereocenters. The van der Waals surface area contributed by atoms with Gasteiger partial charge in [-0.05, 0) is 13.8 Å². The monoisotopic (exact) mass is 252 g/mol. The second kappa shape index (κ2) is 6.40. The quantitative estimate of drug-likeness (QED) is 0.404. The summed E-state index contributed by atoms with van der Waals surface area (Å²) < 4.78 is 0. The van der Waals surface area contributed by atoms with E-state index >= 15 is 0 Å². The van der Waals surface area contributed by atoms with Crippen LogP contribution in [0.4, 0.5) is 0 Å². The molecule has 0 atom stereocenters. The fourth-order valence-electron chi connectivity index (χ4n) is 0.746. The first-order chi connectivity index (χ1) is 6.49. The van der Waals surface area contributed by atoms with Gasteiger partial charge in [0.15, 0.2) is 5.78 Å². The van der Waals surface area contributed by atoms with Crippen molar-refractivity contribution in [1.29, 1.82) is 0 Å². The average Bonchev–Trinajstić information content (AvgIpc) is 2.01. The Bertz CT molecular complexity index is 300. The maximum Gasteiger partial charge on any atom is 1.00 e. The summed E-state index contributed by atoms with van der Waals surface area (Å²) in [5.41, 5.74) is -2.22. The number of hydrogen-bond donors (Lipinski definition) is 0. The molecule has 86 valence electrons. The number of ketones is 2. The Balaban J connectivity index is 0. The van der Waals surface area contributed by atoms with Crippen LogP contribution in [0, 0.1) is 10.8 Å². The maximum atomic E-state index is 11.5. The molecule has 0 amide bonds. The Kier molecular flexibility index (Phi) is 7.52. The molecule has 0 aromatic rings. The van der Waals surface area contributed by atoms with Crippen LogP contribution in [0.25, 0.3) is 0 Å². The van der Waals surface area contributed by atoms with E-state index in [0.717, 1.165) is 0 Å². The molecular formula is C11H17KO4. The summed E-state index contributed by atoms with van der Waals surface area (Å²) in [5.74, 6) is -2.32. The Morgan fingerprint density at radius 2 is 1.31 bits per heavy atom. The molecule has 0 saturated heterocycles. The minimum absolute atomic E-state index is 0. The van der Waals surface area contributed by atoms with Gasteiger partial charge in [0.25, 0.3) is 0 Å². The zero-order valence-corrected chi connectivity index (χ0v) is 14.0. The van der Waals surface area contributed by atoms with Crippen LogP contribution in [0.15, 0.2) is 0 Å². The van der Waals surface area contributed by atoms with Gasteiger partial charge < -0.3 is 9.90 Å². The van der Waals surface area contributed by atoms with E-state index in [1.54, 1.807) is 20.8 Å². The molecule has 0 aromatic carbocycles. The number of Topliss-reactive ketones (excluding diaryl/α,β-unsaturated/α-hetero) is 2. The maximum absolute atomic E-state index is 11.5. The van der Waals surface area contributed by atoms with Gasteiger partial charge in [-0.25, -0.2) is 0 Å². The van der Waals surface area contributed by atoms with E-state index in [0.29, 0.717) is 0 Å². The summed E-state index contributed by atoms with van der Waals surface area (Å²) in [6.07, 6.45) is -0.357. The summed E-state index contributed by atoms with van der Waals surface area (Å²) in [5, 5.41) is 10.7. The van der Waals surface area contributed by atoms with Gasteiger partial charge >= 0.3 is 51.4 Å². The van der Waals surface area contributed by atoms with Crippen molar-refractivity contribution >= 4 is 17.5 Å². The van der Waals surface area contributed by atoms with Crippen LogP contribution in [-0.2, 0) is 14.4 Å². The predicted molar refractivity (Wildman–Crippen MR) is 52.9 cm³/mol. The molecule has 0 heterocycles. The second-order valence-corrected chi connectivity index (χ2v) is 5.19. The summed E-state index contributed by atoms with van der Waals surface area (Å²) in [6.45, 7) is 7.57. The first-order valence-electron chi connectivity index (χ1n) is 4.77. The van der Waals surface area contributed by atoms with Crippen LogP contribution >= 0.6 is 0 Å². The molecule has 0 N–H and O–H groups in total. The molecule has 5 heteroatoms. The van der Waals surface area contributed by atoms with Crippen molar-refractivity contribution in [2.24, 2.45) is 10.8 Å². The van der Waals surface area contributed by atoms with Crippen molar-refractivity contribution in [2.45, 2.75) is 41.0 Å². The third-order valence-electron chi connectivity index (χ3n) is 2.37. The normalized spacial score (nSPS) is 11.6. The molecule has 0 aromatic heterocycles.